The van der Waals surface area contributed by atoms with Crippen LogP contribution < -0.4 is 15.9 Å². The summed E-state index contributed by atoms with van der Waals surface area (Å²) in [5.74, 6) is 0. The fourth-order valence-electron chi connectivity index (χ4n) is 4.31. The van der Waals surface area contributed by atoms with Crippen LogP contribution in [0.1, 0.15) is 25.5 Å². The van der Waals surface area contributed by atoms with Crippen LogP contribution in [-0.2, 0) is 12.7 Å². The normalized spacial score (nSPS) is 12.1. The Morgan fingerprint density at radius 1 is 0.767 bits per heavy atom. The molecule has 0 unspecified atom stereocenters. The number of nitrogens with zero attached hydrogens (tertiary/aromatic N) is 2. The fraction of sp³-hybridized carbons (Fsp3) is 0.192. The van der Waals surface area contributed by atoms with E-state index in [0.29, 0.717) is 0 Å². The monoisotopic (exact) mass is 478 g/mol. The molecule has 0 amide bonds. The van der Waals surface area contributed by atoms with Gasteiger partial charge in [0.25, 0.3) is 0 Å². The quantitative estimate of drug-likeness (QED) is 0.298. The Bertz CT molecular complexity index is 966. The molecule has 3 aromatic carbocycles. The van der Waals surface area contributed by atoms with Gasteiger partial charge in [0.15, 0.2) is 0 Å². The predicted octanol–water partition coefficient (Wildman–Crippen LogP) is 5.67. The molecular weight excluding hydrogens is 451 g/mol. The van der Waals surface area contributed by atoms with Crippen molar-refractivity contribution < 1.29 is 0 Å². The van der Waals surface area contributed by atoms with Gasteiger partial charge in [0.05, 0.1) is 0 Å². The minimum atomic E-state index is -2.30. The van der Waals surface area contributed by atoms with Crippen molar-refractivity contribution in [2.75, 3.05) is 0 Å². The zero-order valence-corrected chi connectivity index (χ0v) is 19.9. The van der Waals surface area contributed by atoms with E-state index in [1.807, 2.05) is 0 Å². The molecule has 30 heavy (non-hydrogen) atoms. The van der Waals surface area contributed by atoms with Gasteiger partial charge < -0.3 is 0 Å². The van der Waals surface area contributed by atoms with Crippen molar-refractivity contribution in [2.24, 2.45) is 0 Å². The van der Waals surface area contributed by atoms with Gasteiger partial charge in [-0.3, -0.25) is 0 Å². The Morgan fingerprint density at radius 3 is 1.67 bits per heavy atom. The van der Waals surface area contributed by atoms with E-state index < -0.39 is 7.26 Å². The van der Waals surface area contributed by atoms with Crippen LogP contribution in [-0.4, -0.2) is 9.78 Å². The molecule has 1 heterocycles. The van der Waals surface area contributed by atoms with Gasteiger partial charge in [-0.25, -0.2) is 0 Å². The summed E-state index contributed by atoms with van der Waals surface area (Å²) in [5.41, 5.74) is 1.30. The van der Waals surface area contributed by atoms with Crippen LogP contribution in [0.2, 0.25) is 0 Å². The predicted molar refractivity (Wildman–Crippen MR) is 135 cm³/mol. The number of aromatic nitrogens is 2. The van der Waals surface area contributed by atoms with Gasteiger partial charge in [0.1, 0.15) is 0 Å². The Kier molecular flexibility index (Phi) is 6.82. The molecule has 0 aliphatic heterocycles. The Balaban J connectivity index is 1.94. The van der Waals surface area contributed by atoms with Crippen molar-refractivity contribution >= 4 is 39.1 Å². The molecule has 2 nitrogen and oxygen atoms in total. The Labute approximate surface area is 188 Å². The first-order chi connectivity index (χ1) is 14.7. The van der Waals surface area contributed by atoms with E-state index in [2.05, 4.69) is 125 Å². The van der Waals surface area contributed by atoms with Gasteiger partial charge in [0, 0.05) is 0 Å². The van der Waals surface area contributed by atoms with E-state index >= 15 is 0 Å². The van der Waals surface area contributed by atoms with Gasteiger partial charge in [0.2, 0.25) is 0 Å². The van der Waals surface area contributed by atoms with E-state index in [4.69, 9.17) is 5.10 Å². The van der Waals surface area contributed by atoms with Crippen LogP contribution >= 0.6 is 23.2 Å². The van der Waals surface area contributed by atoms with Gasteiger partial charge in [-0.2, -0.15) is 0 Å². The fourth-order valence-corrected chi connectivity index (χ4v) is 9.49. The molecule has 154 valence electrons. The third-order valence-corrected chi connectivity index (χ3v) is 11.0. The minimum absolute atomic E-state index is 0.922. The standard InChI is InChI=1S/C26H28BrN2P/c1-2-3-19-29-22(20-26(27)28-29)21-30(23-13-7-4-8-14-23,24-15-9-5-10-16-24)25-17-11-6-12-18-25/h4-18,20,30H,2-3,19,21H2,1H3. The third kappa shape index (κ3) is 4.29. The first-order valence-electron chi connectivity index (χ1n) is 10.6. The molecule has 0 atom stereocenters. The molecule has 0 N–H and O–H groups in total. The van der Waals surface area contributed by atoms with Gasteiger partial charge >= 0.3 is 189 Å². The van der Waals surface area contributed by atoms with Crippen LogP contribution in [0.15, 0.2) is 102 Å². The summed E-state index contributed by atoms with van der Waals surface area (Å²) in [6, 6.07) is 35.5. The summed E-state index contributed by atoms with van der Waals surface area (Å²) >= 11 is 3.63. The molecule has 0 saturated carbocycles. The summed E-state index contributed by atoms with van der Waals surface area (Å²) in [6.45, 7) is 3.19. The van der Waals surface area contributed by atoms with Crippen molar-refractivity contribution in [3.63, 3.8) is 0 Å². The Hall–Kier alpha value is -2.22. The molecule has 0 radical (unpaired) electrons. The van der Waals surface area contributed by atoms with Gasteiger partial charge in [-0.15, -0.1) is 0 Å². The van der Waals surface area contributed by atoms with Gasteiger partial charge in [-0.05, 0) is 0 Å². The number of halogens is 1. The molecular formula is C26H28BrN2P. The first kappa shape index (κ1) is 21.0. The molecule has 4 heteroatoms. The molecule has 0 saturated heterocycles. The molecule has 0 spiro atoms. The Morgan fingerprint density at radius 2 is 1.23 bits per heavy atom. The van der Waals surface area contributed by atoms with E-state index in [9.17, 15) is 0 Å². The summed E-state index contributed by atoms with van der Waals surface area (Å²) in [4.78, 5) is 0. The molecule has 0 aliphatic carbocycles. The summed E-state index contributed by atoms with van der Waals surface area (Å²) in [6.07, 6.45) is 3.28. The SMILES string of the molecule is CCCCn1nc(Br)cc1C[PH](c1ccccc1)(c1ccccc1)c1ccccc1. The summed E-state index contributed by atoms with van der Waals surface area (Å²) in [5, 5.41) is 9.07. The van der Waals surface area contributed by atoms with Crippen LogP contribution in [0.25, 0.3) is 0 Å². The zero-order valence-electron chi connectivity index (χ0n) is 17.3. The number of benzene rings is 3. The second-order valence-corrected chi connectivity index (χ2v) is 12.4. The van der Waals surface area contributed by atoms with Crippen molar-refractivity contribution in [2.45, 2.75) is 32.5 Å². The van der Waals surface area contributed by atoms with E-state index in [0.717, 1.165) is 30.2 Å². The van der Waals surface area contributed by atoms with E-state index in [1.165, 1.54) is 21.6 Å². The molecule has 4 aromatic rings. The van der Waals surface area contributed by atoms with Crippen LogP contribution in [0.3, 0.4) is 0 Å². The van der Waals surface area contributed by atoms with Gasteiger partial charge in [-0.1, -0.05) is 0 Å². The molecule has 4 rings (SSSR count). The number of hydrogen-bond acceptors (Lipinski definition) is 1. The van der Waals surface area contributed by atoms with Crippen LogP contribution in [0, 0.1) is 0 Å². The average molecular weight is 479 g/mol. The third-order valence-electron chi connectivity index (χ3n) is 5.80. The zero-order chi connectivity index (χ0) is 20.8. The molecule has 1 aromatic heterocycles. The van der Waals surface area contributed by atoms with Crippen molar-refractivity contribution in [3.05, 3.63) is 107 Å². The first-order valence-corrected chi connectivity index (χ1v) is 13.6. The average Bonchev–Trinajstić information content (AvgIpc) is 3.16. The maximum atomic E-state index is 4.77. The number of rotatable bonds is 8. The molecule has 0 fully saturated rings. The topological polar surface area (TPSA) is 17.8 Å². The van der Waals surface area contributed by atoms with Crippen molar-refractivity contribution in [3.8, 4) is 0 Å². The summed E-state index contributed by atoms with van der Waals surface area (Å²) in [7, 11) is -2.30. The van der Waals surface area contributed by atoms with Crippen molar-refractivity contribution in [1.82, 2.24) is 9.78 Å². The number of unbranched alkanes of at least 4 members (excludes halogenated alkanes) is 1. The van der Waals surface area contributed by atoms with Crippen LogP contribution in [0.4, 0.5) is 0 Å². The summed E-state index contributed by atoms with van der Waals surface area (Å²) < 4.78 is 3.13. The maximum absolute atomic E-state index is 4.77. The number of aryl methyl sites for hydroxylation is 1. The molecule has 0 aliphatic rings. The molecule has 0 bridgehead atoms. The van der Waals surface area contributed by atoms with E-state index in [-0.39, 0.29) is 0 Å². The second kappa shape index (κ2) is 9.73. The van der Waals surface area contributed by atoms with Crippen molar-refractivity contribution in [1.29, 1.82) is 0 Å². The second-order valence-electron chi connectivity index (χ2n) is 7.72. The number of hydrogen-bond donors (Lipinski definition) is 0. The van der Waals surface area contributed by atoms with Crippen LogP contribution in [0.5, 0.6) is 0 Å². The van der Waals surface area contributed by atoms with E-state index in [1.54, 1.807) is 0 Å².